The Hall–Kier alpha value is -1.32. The van der Waals surface area contributed by atoms with Gasteiger partial charge in [-0.3, -0.25) is 4.79 Å². The molecule has 0 fully saturated rings. The zero-order valence-corrected chi connectivity index (χ0v) is 8.03. The van der Waals surface area contributed by atoms with Gasteiger partial charge in [0, 0.05) is 6.08 Å². The lowest BCUT2D eigenvalue weighted by atomic mass is 10.2. The van der Waals surface area contributed by atoms with Crippen LogP contribution in [0.15, 0.2) is 12.2 Å². The van der Waals surface area contributed by atoms with Crippen molar-refractivity contribution in [2.45, 2.75) is 32.8 Å². The standard InChI is InChI=1S/C9H14O4/c1-9(2,3)13-8(12)6-4-5-7(10)11/h4,6H,5H2,1-3H3,(H,10,11)/b6-4+. The minimum Gasteiger partial charge on any atom is -0.481 e. The summed E-state index contributed by atoms with van der Waals surface area (Å²) < 4.78 is 4.90. The Labute approximate surface area is 77.2 Å². The summed E-state index contributed by atoms with van der Waals surface area (Å²) >= 11 is 0. The Balaban J connectivity index is 3.88. The first-order valence-electron chi connectivity index (χ1n) is 3.92. The molecule has 0 aliphatic carbocycles. The van der Waals surface area contributed by atoms with Gasteiger partial charge in [-0.05, 0) is 20.8 Å². The first kappa shape index (κ1) is 11.7. The van der Waals surface area contributed by atoms with Gasteiger partial charge in [-0.15, -0.1) is 0 Å². The summed E-state index contributed by atoms with van der Waals surface area (Å²) in [6.45, 7) is 5.24. The summed E-state index contributed by atoms with van der Waals surface area (Å²) in [5, 5.41) is 8.26. The zero-order chi connectivity index (χ0) is 10.5. The molecule has 0 atom stereocenters. The van der Waals surface area contributed by atoms with Gasteiger partial charge >= 0.3 is 11.9 Å². The number of carbonyl (C=O) groups is 2. The molecule has 0 aliphatic heterocycles. The van der Waals surface area contributed by atoms with Crippen molar-refractivity contribution in [3.63, 3.8) is 0 Å². The predicted molar refractivity (Wildman–Crippen MR) is 47.2 cm³/mol. The van der Waals surface area contributed by atoms with Gasteiger partial charge in [-0.2, -0.15) is 0 Å². The summed E-state index contributed by atoms with van der Waals surface area (Å²) in [5.74, 6) is -1.49. The van der Waals surface area contributed by atoms with Gasteiger partial charge < -0.3 is 9.84 Å². The number of hydrogen-bond donors (Lipinski definition) is 1. The van der Waals surface area contributed by atoms with E-state index in [2.05, 4.69) is 0 Å². The van der Waals surface area contributed by atoms with E-state index in [1.165, 1.54) is 6.08 Å². The van der Waals surface area contributed by atoms with Gasteiger partial charge in [0.2, 0.25) is 0 Å². The highest BCUT2D eigenvalue weighted by Gasteiger charge is 2.13. The third-order valence-corrected chi connectivity index (χ3v) is 0.953. The molecule has 0 aromatic heterocycles. The Morgan fingerprint density at radius 1 is 1.38 bits per heavy atom. The molecule has 4 heteroatoms. The molecule has 0 unspecified atom stereocenters. The van der Waals surface area contributed by atoms with E-state index in [9.17, 15) is 9.59 Å². The molecule has 0 bridgehead atoms. The highest BCUT2D eigenvalue weighted by molar-refractivity contribution is 5.83. The molecule has 74 valence electrons. The van der Waals surface area contributed by atoms with Gasteiger partial charge in [0.05, 0.1) is 6.42 Å². The SMILES string of the molecule is CC(C)(C)OC(=O)/C=C/CC(=O)O. The van der Waals surface area contributed by atoms with E-state index in [0.717, 1.165) is 6.08 Å². The number of esters is 1. The first-order valence-corrected chi connectivity index (χ1v) is 3.92. The molecule has 13 heavy (non-hydrogen) atoms. The number of carboxylic acids is 1. The highest BCUT2D eigenvalue weighted by atomic mass is 16.6. The summed E-state index contributed by atoms with van der Waals surface area (Å²) in [4.78, 5) is 21.0. The molecule has 0 rings (SSSR count). The summed E-state index contributed by atoms with van der Waals surface area (Å²) in [5.41, 5.74) is -0.537. The van der Waals surface area contributed by atoms with Crippen LogP contribution in [0.2, 0.25) is 0 Å². The van der Waals surface area contributed by atoms with Crippen molar-refractivity contribution in [1.82, 2.24) is 0 Å². The number of hydrogen-bond acceptors (Lipinski definition) is 3. The average molecular weight is 186 g/mol. The number of aliphatic carboxylic acids is 1. The third kappa shape index (κ3) is 8.59. The maximum absolute atomic E-state index is 10.9. The van der Waals surface area contributed by atoms with Gasteiger partial charge in [0.25, 0.3) is 0 Å². The smallest absolute Gasteiger partial charge is 0.330 e. The summed E-state index contributed by atoms with van der Waals surface area (Å²) in [7, 11) is 0. The fraction of sp³-hybridized carbons (Fsp3) is 0.556. The molecule has 0 aromatic rings. The van der Waals surface area contributed by atoms with Crippen LogP contribution in [0.25, 0.3) is 0 Å². The van der Waals surface area contributed by atoms with Crippen molar-refractivity contribution in [3.05, 3.63) is 12.2 Å². The van der Waals surface area contributed by atoms with Crippen LogP contribution in [-0.4, -0.2) is 22.6 Å². The van der Waals surface area contributed by atoms with Crippen molar-refractivity contribution >= 4 is 11.9 Å². The topological polar surface area (TPSA) is 63.6 Å². The van der Waals surface area contributed by atoms with Crippen molar-refractivity contribution in [3.8, 4) is 0 Å². The molecule has 0 aliphatic rings. The third-order valence-electron chi connectivity index (χ3n) is 0.953. The van der Waals surface area contributed by atoms with Crippen LogP contribution < -0.4 is 0 Å². The zero-order valence-electron chi connectivity index (χ0n) is 8.03. The minimum absolute atomic E-state index is 0.167. The lowest BCUT2D eigenvalue weighted by Crippen LogP contribution is -2.22. The average Bonchev–Trinajstić information content (AvgIpc) is 1.81. The maximum atomic E-state index is 10.9. The van der Waals surface area contributed by atoms with Crippen LogP contribution in [-0.2, 0) is 14.3 Å². The van der Waals surface area contributed by atoms with E-state index >= 15 is 0 Å². The van der Waals surface area contributed by atoms with E-state index < -0.39 is 17.5 Å². The quantitative estimate of drug-likeness (QED) is 0.534. The lowest BCUT2D eigenvalue weighted by Gasteiger charge is -2.17. The molecule has 4 nitrogen and oxygen atoms in total. The maximum Gasteiger partial charge on any atom is 0.330 e. The van der Waals surface area contributed by atoms with Crippen molar-refractivity contribution in [2.75, 3.05) is 0 Å². The highest BCUT2D eigenvalue weighted by Crippen LogP contribution is 2.07. The number of ether oxygens (including phenoxy) is 1. The Kier molecular flexibility index (Phi) is 4.17. The monoisotopic (exact) mass is 186 g/mol. The van der Waals surface area contributed by atoms with Gasteiger partial charge in [0.1, 0.15) is 5.60 Å². The van der Waals surface area contributed by atoms with Crippen LogP contribution in [0, 0.1) is 0 Å². The molecule has 0 radical (unpaired) electrons. The largest absolute Gasteiger partial charge is 0.481 e. The van der Waals surface area contributed by atoms with E-state index in [1.807, 2.05) is 0 Å². The van der Waals surface area contributed by atoms with E-state index in [1.54, 1.807) is 20.8 Å². The molecular formula is C9H14O4. The molecular weight excluding hydrogens is 172 g/mol. The second kappa shape index (κ2) is 4.64. The van der Waals surface area contributed by atoms with E-state index in [-0.39, 0.29) is 6.42 Å². The van der Waals surface area contributed by atoms with Crippen LogP contribution in [0.5, 0.6) is 0 Å². The fourth-order valence-corrected chi connectivity index (χ4v) is 0.592. The fourth-order valence-electron chi connectivity index (χ4n) is 0.592. The molecule has 0 spiro atoms. The molecule has 0 heterocycles. The van der Waals surface area contributed by atoms with E-state index in [4.69, 9.17) is 9.84 Å². The van der Waals surface area contributed by atoms with Crippen LogP contribution in [0.4, 0.5) is 0 Å². The summed E-state index contributed by atoms with van der Waals surface area (Å²) in [6, 6.07) is 0. The predicted octanol–water partition coefficient (Wildman–Crippen LogP) is 1.36. The Bertz CT molecular complexity index is 222. The van der Waals surface area contributed by atoms with Gasteiger partial charge in [-0.25, -0.2) is 4.79 Å². The number of carbonyl (C=O) groups excluding carboxylic acids is 1. The molecule has 0 saturated heterocycles. The minimum atomic E-state index is -0.972. The molecule has 1 N–H and O–H groups in total. The van der Waals surface area contributed by atoms with Crippen LogP contribution in [0.3, 0.4) is 0 Å². The normalized spacial score (nSPS) is 11.6. The second-order valence-electron chi connectivity index (χ2n) is 3.53. The Morgan fingerprint density at radius 2 is 1.92 bits per heavy atom. The molecule has 0 saturated carbocycles. The molecule has 0 aromatic carbocycles. The van der Waals surface area contributed by atoms with Crippen molar-refractivity contribution < 1.29 is 19.4 Å². The first-order chi connectivity index (χ1) is 5.81. The number of carboxylic acid groups (broad SMARTS) is 1. The lowest BCUT2D eigenvalue weighted by molar-refractivity contribution is -0.148. The van der Waals surface area contributed by atoms with Gasteiger partial charge in [0.15, 0.2) is 0 Å². The van der Waals surface area contributed by atoms with Crippen molar-refractivity contribution in [2.24, 2.45) is 0 Å². The molecule has 0 amide bonds. The second-order valence-corrected chi connectivity index (χ2v) is 3.53. The summed E-state index contributed by atoms with van der Waals surface area (Å²) in [6.07, 6.45) is 2.22. The van der Waals surface area contributed by atoms with Crippen LogP contribution in [0.1, 0.15) is 27.2 Å². The Morgan fingerprint density at radius 3 is 2.31 bits per heavy atom. The van der Waals surface area contributed by atoms with E-state index in [0.29, 0.717) is 0 Å². The van der Waals surface area contributed by atoms with Gasteiger partial charge in [-0.1, -0.05) is 6.08 Å². The number of rotatable bonds is 3. The van der Waals surface area contributed by atoms with Crippen molar-refractivity contribution in [1.29, 1.82) is 0 Å². The van der Waals surface area contributed by atoms with Crippen LogP contribution >= 0.6 is 0 Å².